The largest absolute Gasteiger partial charge is 0.358 e. The first kappa shape index (κ1) is 22.4. The maximum Gasteiger partial charge on any atom is 0.240 e. The molecule has 1 unspecified atom stereocenters. The molecule has 3 heterocycles. The smallest absolute Gasteiger partial charge is 0.240 e. The van der Waals surface area contributed by atoms with E-state index >= 15 is 0 Å². The minimum atomic E-state index is -0.901. The first-order valence-corrected chi connectivity index (χ1v) is 12.2. The van der Waals surface area contributed by atoms with Gasteiger partial charge in [0.15, 0.2) is 5.78 Å². The zero-order chi connectivity index (χ0) is 24.4. The van der Waals surface area contributed by atoms with E-state index in [9.17, 15) is 14.4 Å². The number of fused-ring (bicyclic) bond motifs is 5. The van der Waals surface area contributed by atoms with Crippen molar-refractivity contribution >= 4 is 64.2 Å². The maximum atomic E-state index is 13.9. The van der Waals surface area contributed by atoms with E-state index in [0.717, 1.165) is 11.1 Å². The van der Waals surface area contributed by atoms with Gasteiger partial charge in [0, 0.05) is 21.8 Å². The molecule has 0 N–H and O–H groups in total. The summed E-state index contributed by atoms with van der Waals surface area (Å²) in [6.45, 7) is 0. The Kier molecular flexibility index (Phi) is 5.26. The van der Waals surface area contributed by atoms with Crippen LogP contribution in [0.4, 0.5) is 5.69 Å². The summed E-state index contributed by atoms with van der Waals surface area (Å²) in [5, 5.41) is 1.10. The Bertz CT molecular complexity index is 1440. The summed E-state index contributed by atoms with van der Waals surface area (Å²) in [5.41, 5.74) is 2.55. The molecule has 4 atom stereocenters. The van der Waals surface area contributed by atoms with Gasteiger partial charge in [-0.25, -0.2) is 4.90 Å². The molecule has 2 saturated heterocycles. The van der Waals surface area contributed by atoms with Crippen LogP contribution in [0.25, 0.3) is 6.08 Å². The number of carbonyl (C=O) groups is 3. The van der Waals surface area contributed by atoms with Gasteiger partial charge in [-0.1, -0.05) is 59.1 Å². The standard InChI is InChI=1S/C27H17Cl3N2O3/c28-15-5-8-17(9-6-15)32-26(34)21-22(27(32)35)24(25(33)19-10-7-16(29)13-20(19)30)31-12-11-14-3-1-2-4-18(14)23(21)31/h1-13,21-24H/t21-,22+,23?,24-/m0/s1. The predicted molar refractivity (Wildman–Crippen MR) is 136 cm³/mol. The van der Waals surface area contributed by atoms with E-state index in [2.05, 4.69) is 0 Å². The third kappa shape index (κ3) is 3.33. The Morgan fingerprint density at radius 2 is 1.49 bits per heavy atom. The highest BCUT2D eigenvalue weighted by Crippen LogP contribution is 2.54. The first-order valence-electron chi connectivity index (χ1n) is 11.0. The summed E-state index contributed by atoms with van der Waals surface area (Å²) in [4.78, 5) is 44.6. The molecular formula is C27H17Cl3N2O3. The lowest BCUT2D eigenvalue weighted by atomic mass is 9.83. The van der Waals surface area contributed by atoms with Crippen LogP contribution in [0, 0.1) is 11.8 Å². The van der Waals surface area contributed by atoms with Crippen molar-refractivity contribution in [1.82, 2.24) is 4.90 Å². The molecule has 174 valence electrons. The molecule has 0 aromatic heterocycles. The van der Waals surface area contributed by atoms with Crippen molar-refractivity contribution in [2.24, 2.45) is 11.8 Å². The summed E-state index contributed by atoms with van der Waals surface area (Å²) in [7, 11) is 0. The van der Waals surface area contributed by atoms with Crippen molar-refractivity contribution in [3.8, 4) is 0 Å². The molecule has 0 spiro atoms. The van der Waals surface area contributed by atoms with Crippen LogP contribution < -0.4 is 4.90 Å². The van der Waals surface area contributed by atoms with Crippen LogP contribution in [0.1, 0.15) is 27.5 Å². The molecule has 3 aromatic carbocycles. The van der Waals surface area contributed by atoms with Crippen LogP contribution in [0.3, 0.4) is 0 Å². The van der Waals surface area contributed by atoms with Gasteiger partial charge in [-0.2, -0.15) is 0 Å². The molecule has 2 fully saturated rings. The molecule has 0 aliphatic carbocycles. The molecule has 0 bridgehead atoms. The second kappa shape index (κ2) is 8.23. The number of carbonyl (C=O) groups excluding carboxylic acids is 3. The topological polar surface area (TPSA) is 57.7 Å². The van der Waals surface area contributed by atoms with Gasteiger partial charge in [-0.3, -0.25) is 14.4 Å². The summed E-state index contributed by atoms with van der Waals surface area (Å²) < 4.78 is 0. The monoisotopic (exact) mass is 522 g/mol. The van der Waals surface area contributed by atoms with Crippen LogP contribution in [0.15, 0.2) is 72.9 Å². The zero-order valence-electron chi connectivity index (χ0n) is 18.1. The number of amides is 2. The lowest BCUT2D eigenvalue weighted by Gasteiger charge is -2.35. The number of rotatable bonds is 3. The number of hydrogen-bond acceptors (Lipinski definition) is 4. The van der Waals surface area contributed by atoms with Gasteiger partial charge in [-0.15, -0.1) is 0 Å². The summed E-state index contributed by atoms with van der Waals surface area (Å²) in [6.07, 6.45) is 3.72. The van der Waals surface area contributed by atoms with Crippen LogP contribution in [-0.2, 0) is 9.59 Å². The van der Waals surface area contributed by atoms with Gasteiger partial charge in [0.05, 0.1) is 28.6 Å². The van der Waals surface area contributed by atoms with Crippen LogP contribution in [0.5, 0.6) is 0 Å². The number of halogens is 3. The fraction of sp³-hybridized carbons (Fsp3) is 0.148. The summed E-state index contributed by atoms with van der Waals surface area (Å²) in [5.74, 6) is -2.68. The van der Waals surface area contributed by atoms with Crippen molar-refractivity contribution in [1.29, 1.82) is 0 Å². The minimum Gasteiger partial charge on any atom is -0.358 e. The molecule has 6 rings (SSSR count). The third-order valence-corrected chi connectivity index (χ3v) is 7.81. The molecule has 3 aromatic rings. The van der Waals surface area contributed by atoms with Crippen LogP contribution in [0.2, 0.25) is 15.1 Å². The van der Waals surface area contributed by atoms with E-state index in [0.29, 0.717) is 15.7 Å². The molecule has 3 aliphatic heterocycles. The van der Waals surface area contributed by atoms with Gasteiger partial charge in [-0.05, 0) is 59.7 Å². The number of nitrogens with zero attached hydrogens (tertiary/aromatic N) is 2. The van der Waals surface area contributed by atoms with Gasteiger partial charge in [0.1, 0.15) is 6.04 Å². The van der Waals surface area contributed by atoms with Crippen molar-refractivity contribution in [2.75, 3.05) is 4.90 Å². The van der Waals surface area contributed by atoms with Gasteiger partial charge in [0.25, 0.3) is 0 Å². The number of imide groups is 1. The Hall–Kier alpha value is -3.12. The van der Waals surface area contributed by atoms with Crippen LogP contribution in [-0.4, -0.2) is 28.5 Å². The van der Waals surface area contributed by atoms with Crippen LogP contribution >= 0.6 is 34.8 Å². The molecule has 8 heteroatoms. The van der Waals surface area contributed by atoms with E-state index < -0.39 is 29.8 Å². The number of anilines is 1. The molecule has 5 nitrogen and oxygen atoms in total. The second-order valence-electron chi connectivity index (χ2n) is 8.81. The summed E-state index contributed by atoms with van der Waals surface area (Å²) >= 11 is 18.5. The lowest BCUT2D eigenvalue weighted by Crippen LogP contribution is -2.44. The Labute approximate surface area is 216 Å². The highest BCUT2D eigenvalue weighted by Gasteiger charge is 2.64. The first-order chi connectivity index (χ1) is 16.9. The average Bonchev–Trinajstić information content (AvgIpc) is 3.32. The highest BCUT2D eigenvalue weighted by molar-refractivity contribution is 6.37. The number of ketones is 1. The third-order valence-electron chi connectivity index (χ3n) is 7.01. The highest BCUT2D eigenvalue weighted by atomic mass is 35.5. The predicted octanol–water partition coefficient (Wildman–Crippen LogP) is 6.05. The minimum absolute atomic E-state index is 0.204. The molecule has 35 heavy (non-hydrogen) atoms. The Morgan fingerprint density at radius 1 is 0.800 bits per heavy atom. The van der Waals surface area contributed by atoms with Gasteiger partial charge in [0.2, 0.25) is 11.8 Å². The van der Waals surface area contributed by atoms with Crippen molar-refractivity contribution < 1.29 is 14.4 Å². The van der Waals surface area contributed by atoms with Gasteiger partial charge >= 0.3 is 0 Å². The number of hydrogen-bond donors (Lipinski definition) is 0. The quantitative estimate of drug-likeness (QED) is 0.310. The molecule has 3 aliphatic rings. The normalized spacial score (nSPS) is 24.4. The van der Waals surface area contributed by atoms with E-state index in [1.54, 1.807) is 36.4 Å². The maximum absolute atomic E-state index is 13.9. The lowest BCUT2D eigenvalue weighted by molar-refractivity contribution is -0.123. The Morgan fingerprint density at radius 3 is 2.23 bits per heavy atom. The summed E-state index contributed by atoms with van der Waals surface area (Å²) in [6, 6.07) is 17.6. The van der Waals surface area contributed by atoms with Gasteiger partial charge < -0.3 is 4.90 Å². The number of benzene rings is 3. The molecule has 0 saturated carbocycles. The van der Waals surface area contributed by atoms with Crippen molar-refractivity contribution in [3.05, 3.63) is 105 Å². The van der Waals surface area contributed by atoms with Crippen molar-refractivity contribution in [3.63, 3.8) is 0 Å². The molecular weight excluding hydrogens is 507 g/mol. The SMILES string of the molecule is O=C(c1ccc(Cl)cc1Cl)[C@@H]1[C@@H]2C(=O)N(c3ccc(Cl)cc3)C(=O)[C@@H]2C2c3ccccc3C=CN21. The second-order valence-corrected chi connectivity index (χ2v) is 10.1. The van der Waals surface area contributed by atoms with E-state index in [4.69, 9.17) is 34.8 Å². The zero-order valence-corrected chi connectivity index (χ0v) is 20.3. The van der Waals surface area contributed by atoms with E-state index in [1.165, 1.54) is 11.0 Å². The van der Waals surface area contributed by atoms with E-state index in [-0.39, 0.29) is 22.3 Å². The number of Topliss-reactive ketones (excluding diaryl/α,β-unsaturated/α-hetero) is 1. The van der Waals surface area contributed by atoms with Crippen molar-refractivity contribution in [2.45, 2.75) is 12.1 Å². The average molecular weight is 524 g/mol. The van der Waals surface area contributed by atoms with E-state index in [1.807, 2.05) is 41.4 Å². The fourth-order valence-corrected chi connectivity index (χ4v) is 6.18. The Balaban J connectivity index is 1.50. The molecule has 2 amide bonds. The molecule has 0 radical (unpaired) electrons. The fourth-order valence-electron chi connectivity index (χ4n) is 5.55.